The van der Waals surface area contributed by atoms with E-state index in [1.807, 2.05) is 0 Å². The molecule has 0 radical (unpaired) electrons. The second-order valence-electron chi connectivity index (χ2n) is 8.02. The normalized spacial score (nSPS) is 17.5. The monoisotopic (exact) mass is 420 g/mol. The van der Waals surface area contributed by atoms with E-state index >= 15 is 0 Å². The smallest absolute Gasteiger partial charge is 0.330 e. The molecule has 30 heavy (non-hydrogen) atoms. The van der Waals surface area contributed by atoms with Gasteiger partial charge in [0.1, 0.15) is 5.69 Å². The fourth-order valence-electron chi connectivity index (χ4n) is 3.95. The summed E-state index contributed by atoms with van der Waals surface area (Å²) in [7, 11) is 1.74. The Balaban J connectivity index is 1.77. The van der Waals surface area contributed by atoms with Crippen molar-refractivity contribution in [3.8, 4) is 0 Å². The molecule has 1 unspecified atom stereocenters. The summed E-state index contributed by atoms with van der Waals surface area (Å²) < 4.78 is 43.4. The first kappa shape index (κ1) is 20.4. The fraction of sp³-hybridized carbons (Fsp3) is 0.500. The van der Waals surface area contributed by atoms with E-state index in [-0.39, 0.29) is 17.5 Å². The van der Waals surface area contributed by atoms with Crippen LogP contribution in [0.3, 0.4) is 0 Å². The maximum absolute atomic E-state index is 13.7. The highest BCUT2D eigenvalue weighted by Gasteiger charge is 2.37. The van der Waals surface area contributed by atoms with Crippen LogP contribution in [0.2, 0.25) is 0 Å². The number of nitrogens with zero attached hydrogens (tertiary/aromatic N) is 6. The van der Waals surface area contributed by atoms with Crippen molar-refractivity contribution in [2.45, 2.75) is 51.7 Å². The third-order valence-electron chi connectivity index (χ3n) is 5.45. The summed E-state index contributed by atoms with van der Waals surface area (Å²) in [5, 5.41) is 8.45. The third kappa shape index (κ3) is 3.44. The number of halogens is 3. The molecule has 0 aromatic carbocycles. The predicted molar refractivity (Wildman–Crippen MR) is 103 cm³/mol. The molecule has 4 rings (SSSR count). The largest absolute Gasteiger partial charge is 0.433 e. The van der Waals surface area contributed by atoms with Crippen molar-refractivity contribution < 1.29 is 18.0 Å². The molecule has 0 aliphatic carbocycles. The van der Waals surface area contributed by atoms with Crippen molar-refractivity contribution in [1.82, 2.24) is 29.3 Å². The van der Waals surface area contributed by atoms with Gasteiger partial charge in [0.2, 0.25) is 0 Å². The average molecular weight is 420 g/mol. The zero-order valence-electron chi connectivity index (χ0n) is 17.2. The van der Waals surface area contributed by atoms with Crippen LogP contribution in [0.1, 0.15) is 71.8 Å². The Morgan fingerprint density at radius 3 is 2.57 bits per heavy atom. The molecule has 160 valence electrons. The molecular formula is C20H23F3N6O. The van der Waals surface area contributed by atoms with Gasteiger partial charge in [-0.1, -0.05) is 13.8 Å². The van der Waals surface area contributed by atoms with Crippen molar-refractivity contribution in [3.05, 3.63) is 46.7 Å². The van der Waals surface area contributed by atoms with E-state index in [4.69, 9.17) is 0 Å². The molecule has 1 fully saturated rings. The standard InChI is InChI=1S/C20H23F3N6O/c1-11(2)14-8-17(20(21,22)23)29-18(24-14)9-15(26-29)16-6-5-7-28(16)19(30)13-10-27(4)25-12(13)3/h8-11,16H,5-7H2,1-4H3. The number of fused-ring (bicyclic) bond motifs is 1. The molecule has 4 heterocycles. The maximum Gasteiger partial charge on any atom is 0.433 e. The molecule has 1 aliphatic rings. The SMILES string of the molecule is Cc1nn(C)cc1C(=O)N1CCCC1c1cc2nc(C(C)C)cc(C(F)(F)F)n2n1. The van der Waals surface area contributed by atoms with E-state index in [0.717, 1.165) is 17.0 Å². The number of amides is 1. The lowest BCUT2D eigenvalue weighted by Crippen LogP contribution is -2.31. The second kappa shape index (κ2) is 7.10. The van der Waals surface area contributed by atoms with Gasteiger partial charge in [0.05, 0.1) is 23.0 Å². The van der Waals surface area contributed by atoms with Crippen LogP contribution in [0.5, 0.6) is 0 Å². The first-order valence-corrected chi connectivity index (χ1v) is 9.85. The zero-order chi connectivity index (χ0) is 21.8. The molecule has 3 aromatic heterocycles. The minimum atomic E-state index is -4.56. The first-order valence-electron chi connectivity index (χ1n) is 9.85. The molecule has 0 saturated carbocycles. The topological polar surface area (TPSA) is 68.3 Å². The molecule has 3 aromatic rings. The van der Waals surface area contributed by atoms with Crippen molar-refractivity contribution in [3.63, 3.8) is 0 Å². The quantitative estimate of drug-likeness (QED) is 0.645. The highest BCUT2D eigenvalue weighted by atomic mass is 19.4. The number of aromatic nitrogens is 5. The predicted octanol–water partition coefficient (Wildman–Crippen LogP) is 3.89. The number of hydrogen-bond acceptors (Lipinski definition) is 4. The molecular weight excluding hydrogens is 397 g/mol. The molecule has 10 heteroatoms. The van der Waals surface area contributed by atoms with Crippen molar-refractivity contribution >= 4 is 11.6 Å². The minimum Gasteiger partial charge on any atom is -0.330 e. The molecule has 1 aliphatic heterocycles. The number of rotatable bonds is 3. The fourth-order valence-corrected chi connectivity index (χ4v) is 3.95. The lowest BCUT2D eigenvalue weighted by Gasteiger charge is -2.23. The van der Waals surface area contributed by atoms with Crippen LogP contribution in [0.15, 0.2) is 18.3 Å². The van der Waals surface area contributed by atoms with Crippen molar-refractivity contribution in [2.24, 2.45) is 7.05 Å². The number of carbonyl (C=O) groups excluding carboxylic acids is 1. The van der Waals surface area contributed by atoms with E-state index in [0.29, 0.717) is 35.6 Å². The van der Waals surface area contributed by atoms with E-state index in [1.54, 1.807) is 49.7 Å². The number of alkyl halides is 3. The molecule has 1 amide bonds. The van der Waals surface area contributed by atoms with Crippen molar-refractivity contribution in [1.29, 1.82) is 0 Å². The van der Waals surface area contributed by atoms with Gasteiger partial charge in [-0.2, -0.15) is 23.4 Å². The Morgan fingerprint density at radius 2 is 1.97 bits per heavy atom. The molecule has 0 spiro atoms. The van der Waals surface area contributed by atoms with Gasteiger partial charge >= 0.3 is 6.18 Å². The van der Waals surface area contributed by atoms with Crippen LogP contribution in [0.25, 0.3) is 5.65 Å². The number of aryl methyl sites for hydroxylation is 2. The Morgan fingerprint density at radius 1 is 1.23 bits per heavy atom. The Kier molecular flexibility index (Phi) is 4.82. The highest BCUT2D eigenvalue weighted by molar-refractivity contribution is 5.95. The van der Waals surface area contributed by atoms with Gasteiger partial charge in [-0.05, 0) is 31.7 Å². The summed E-state index contributed by atoms with van der Waals surface area (Å²) in [5.41, 5.74) is 1.16. The second-order valence-corrected chi connectivity index (χ2v) is 8.02. The Hall–Kier alpha value is -2.91. The van der Waals surface area contributed by atoms with Crippen LogP contribution in [-0.2, 0) is 13.2 Å². The van der Waals surface area contributed by atoms with Gasteiger partial charge in [0.25, 0.3) is 5.91 Å². The van der Waals surface area contributed by atoms with Gasteiger partial charge in [0.15, 0.2) is 5.65 Å². The van der Waals surface area contributed by atoms with E-state index < -0.39 is 17.9 Å². The average Bonchev–Trinajstić information content (AvgIpc) is 3.36. The van der Waals surface area contributed by atoms with Crippen molar-refractivity contribution in [2.75, 3.05) is 6.54 Å². The highest BCUT2D eigenvalue weighted by Crippen LogP contribution is 2.36. The molecule has 7 nitrogen and oxygen atoms in total. The summed E-state index contributed by atoms with van der Waals surface area (Å²) in [4.78, 5) is 19.1. The maximum atomic E-state index is 13.7. The van der Waals surface area contributed by atoms with Crippen LogP contribution in [-0.4, -0.2) is 41.7 Å². The zero-order valence-corrected chi connectivity index (χ0v) is 17.2. The molecule has 0 N–H and O–H groups in total. The number of likely N-dealkylation sites (tertiary alicyclic amines) is 1. The van der Waals surface area contributed by atoms with Gasteiger partial charge in [0, 0.05) is 31.5 Å². The van der Waals surface area contributed by atoms with E-state index in [9.17, 15) is 18.0 Å². The summed E-state index contributed by atoms with van der Waals surface area (Å²) in [6, 6.07) is 2.21. The summed E-state index contributed by atoms with van der Waals surface area (Å²) in [5.74, 6) is -0.348. The van der Waals surface area contributed by atoms with E-state index in [2.05, 4.69) is 15.2 Å². The minimum absolute atomic E-state index is 0.139. The van der Waals surface area contributed by atoms with Gasteiger partial charge in [-0.15, -0.1) is 0 Å². The molecule has 0 bridgehead atoms. The van der Waals surface area contributed by atoms with Crippen LogP contribution < -0.4 is 0 Å². The summed E-state index contributed by atoms with van der Waals surface area (Å²) in [6.07, 6.45) is -1.52. The molecule has 1 atom stereocenters. The lowest BCUT2D eigenvalue weighted by atomic mass is 10.1. The van der Waals surface area contributed by atoms with Gasteiger partial charge < -0.3 is 4.90 Å². The van der Waals surface area contributed by atoms with Crippen LogP contribution in [0, 0.1) is 6.92 Å². The third-order valence-corrected chi connectivity index (χ3v) is 5.45. The van der Waals surface area contributed by atoms with E-state index in [1.165, 1.54) is 0 Å². The Labute approximate surface area is 171 Å². The Bertz CT molecular complexity index is 1110. The van der Waals surface area contributed by atoms with Gasteiger partial charge in [-0.3, -0.25) is 9.48 Å². The van der Waals surface area contributed by atoms with Crippen LogP contribution in [0.4, 0.5) is 13.2 Å². The summed E-state index contributed by atoms with van der Waals surface area (Å²) >= 11 is 0. The number of carbonyl (C=O) groups is 1. The lowest BCUT2D eigenvalue weighted by molar-refractivity contribution is -0.142. The number of hydrogen-bond donors (Lipinski definition) is 0. The van der Waals surface area contributed by atoms with Crippen LogP contribution >= 0.6 is 0 Å². The van der Waals surface area contributed by atoms with Gasteiger partial charge in [-0.25, -0.2) is 9.50 Å². The first-order chi connectivity index (χ1) is 14.1. The summed E-state index contributed by atoms with van der Waals surface area (Å²) in [6.45, 7) is 5.87. The molecule has 1 saturated heterocycles.